The molecule has 35 heavy (non-hydrogen) atoms. The highest BCUT2D eigenvalue weighted by atomic mass is 16.5. The summed E-state index contributed by atoms with van der Waals surface area (Å²) in [5.74, 6) is -2.01. The Balaban J connectivity index is 1.81. The topological polar surface area (TPSA) is 146 Å². The van der Waals surface area contributed by atoms with Crippen LogP contribution in [0.4, 0.5) is 16.2 Å². The Morgan fingerprint density at radius 1 is 1.11 bits per heavy atom. The number of aromatic nitrogens is 1. The van der Waals surface area contributed by atoms with Crippen molar-refractivity contribution >= 4 is 40.3 Å². The third-order valence-corrected chi connectivity index (χ3v) is 5.33. The van der Waals surface area contributed by atoms with Gasteiger partial charge in [-0.3, -0.25) is 9.69 Å². The number of amides is 2. The normalized spacial score (nSPS) is 10.4. The number of carbonyl (C=O) groups excluding carboxylic acids is 2. The Hall–Kier alpha value is -5.17. The number of nitrogens with zero attached hydrogens (tertiary/aromatic N) is 3. The minimum absolute atomic E-state index is 0.00276. The lowest BCUT2D eigenvalue weighted by Gasteiger charge is -2.19. The van der Waals surface area contributed by atoms with E-state index in [1.54, 1.807) is 19.2 Å². The molecule has 0 saturated heterocycles. The molecule has 3 aromatic carbocycles. The molecule has 0 spiro atoms. The second-order valence-corrected chi connectivity index (χ2v) is 7.42. The second kappa shape index (κ2) is 9.36. The number of benzene rings is 3. The Morgan fingerprint density at radius 2 is 1.86 bits per heavy atom. The van der Waals surface area contributed by atoms with Gasteiger partial charge in [0, 0.05) is 18.7 Å². The number of carboxylic acids is 1. The lowest BCUT2D eigenvalue weighted by Crippen LogP contribution is -2.26. The Kier molecular flexibility index (Phi) is 6.16. The SMILES string of the molecule is COC(=O)N(C)c1cc2onc(C(=O)Nc3ccc(C#N)cc3C(=O)O)c2cc1-c1ccccc1. The molecular formula is C25H18N4O6. The fraction of sp³-hybridized carbons (Fsp3) is 0.0800. The molecule has 0 bridgehead atoms. The van der Waals surface area contributed by atoms with Crippen molar-refractivity contribution in [2.45, 2.75) is 0 Å². The third-order valence-electron chi connectivity index (χ3n) is 5.33. The van der Waals surface area contributed by atoms with Gasteiger partial charge in [-0.05, 0) is 29.8 Å². The van der Waals surface area contributed by atoms with Crippen LogP contribution in [-0.4, -0.2) is 42.4 Å². The summed E-state index contributed by atoms with van der Waals surface area (Å²) >= 11 is 0. The number of ether oxygens (including phenoxy) is 1. The molecule has 174 valence electrons. The molecule has 0 unspecified atom stereocenters. The lowest BCUT2D eigenvalue weighted by molar-refractivity contribution is 0.0698. The zero-order valence-electron chi connectivity index (χ0n) is 18.6. The monoisotopic (exact) mass is 470 g/mol. The summed E-state index contributed by atoms with van der Waals surface area (Å²) in [7, 11) is 2.81. The molecular weight excluding hydrogens is 452 g/mol. The number of carbonyl (C=O) groups is 3. The molecule has 0 fully saturated rings. The van der Waals surface area contributed by atoms with E-state index in [0.717, 1.165) is 5.56 Å². The second-order valence-electron chi connectivity index (χ2n) is 7.42. The van der Waals surface area contributed by atoms with Gasteiger partial charge in [0.25, 0.3) is 5.91 Å². The minimum atomic E-state index is -1.30. The summed E-state index contributed by atoms with van der Waals surface area (Å²) < 4.78 is 10.2. The zero-order valence-corrected chi connectivity index (χ0v) is 18.6. The summed E-state index contributed by atoms with van der Waals surface area (Å²) in [5.41, 5.74) is 1.92. The van der Waals surface area contributed by atoms with E-state index in [-0.39, 0.29) is 28.1 Å². The highest BCUT2D eigenvalue weighted by Gasteiger charge is 2.24. The quantitative estimate of drug-likeness (QED) is 0.433. The van der Waals surface area contributed by atoms with E-state index in [1.165, 1.54) is 30.2 Å². The number of nitriles is 1. The largest absolute Gasteiger partial charge is 0.478 e. The fourth-order valence-electron chi connectivity index (χ4n) is 3.58. The summed E-state index contributed by atoms with van der Waals surface area (Å²) in [6, 6.07) is 18.2. The van der Waals surface area contributed by atoms with E-state index in [0.29, 0.717) is 16.6 Å². The third kappa shape index (κ3) is 4.38. The van der Waals surface area contributed by atoms with Crippen LogP contribution in [0.15, 0.2) is 65.2 Å². The molecule has 1 aromatic heterocycles. The molecule has 10 nitrogen and oxygen atoms in total. The van der Waals surface area contributed by atoms with Crippen LogP contribution in [0.5, 0.6) is 0 Å². The summed E-state index contributed by atoms with van der Waals surface area (Å²) in [6.45, 7) is 0. The predicted molar refractivity (Wildman–Crippen MR) is 126 cm³/mol. The first kappa shape index (κ1) is 23.0. The fourth-order valence-corrected chi connectivity index (χ4v) is 3.58. The number of nitrogens with one attached hydrogen (secondary N) is 1. The van der Waals surface area contributed by atoms with Crippen molar-refractivity contribution < 1.29 is 28.8 Å². The number of hydrogen-bond donors (Lipinski definition) is 2. The van der Waals surface area contributed by atoms with Crippen LogP contribution in [-0.2, 0) is 4.74 Å². The Labute approximate surface area is 198 Å². The smallest absolute Gasteiger partial charge is 0.413 e. The highest BCUT2D eigenvalue weighted by Crippen LogP contribution is 2.36. The molecule has 10 heteroatoms. The van der Waals surface area contributed by atoms with Crippen molar-refractivity contribution in [1.29, 1.82) is 5.26 Å². The summed E-state index contributed by atoms with van der Waals surface area (Å²) in [5, 5.41) is 25.3. The van der Waals surface area contributed by atoms with Crippen molar-refractivity contribution in [2.24, 2.45) is 0 Å². The van der Waals surface area contributed by atoms with Gasteiger partial charge in [-0.15, -0.1) is 0 Å². The molecule has 2 N–H and O–H groups in total. The van der Waals surface area contributed by atoms with E-state index >= 15 is 0 Å². The number of fused-ring (bicyclic) bond motifs is 1. The molecule has 1 heterocycles. The molecule has 0 aliphatic heterocycles. The summed E-state index contributed by atoms with van der Waals surface area (Å²) in [6.07, 6.45) is -0.596. The maximum Gasteiger partial charge on any atom is 0.413 e. The minimum Gasteiger partial charge on any atom is -0.478 e. The molecule has 2 amide bonds. The Bertz CT molecular complexity index is 1500. The number of aromatic carboxylic acids is 1. The average molecular weight is 470 g/mol. The summed E-state index contributed by atoms with van der Waals surface area (Å²) in [4.78, 5) is 38.2. The predicted octanol–water partition coefficient (Wildman–Crippen LogP) is 4.52. The molecule has 0 saturated carbocycles. The maximum absolute atomic E-state index is 13.1. The zero-order chi connectivity index (χ0) is 25.1. The van der Waals surface area contributed by atoms with Gasteiger partial charge in [0.15, 0.2) is 11.3 Å². The molecule has 0 aliphatic rings. The van der Waals surface area contributed by atoms with Gasteiger partial charge in [-0.2, -0.15) is 5.26 Å². The van der Waals surface area contributed by atoms with Crippen LogP contribution in [0, 0.1) is 11.3 Å². The first-order valence-corrected chi connectivity index (χ1v) is 10.2. The standard InChI is InChI=1S/C25H18N4O6/c1-29(25(33)34-2)20-12-21-18(11-16(20)15-6-4-3-5-7-15)22(28-35-21)23(30)27-19-9-8-14(13-26)10-17(19)24(31)32/h3-12H,1-2H3,(H,27,30)(H,31,32). The first-order chi connectivity index (χ1) is 16.8. The lowest BCUT2D eigenvalue weighted by atomic mass is 10.00. The van der Waals surface area contributed by atoms with E-state index in [9.17, 15) is 19.5 Å². The van der Waals surface area contributed by atoms with Crippen molar-refractivity contribution in [1.82, 2.24) is 5.16 Å². The number of methoxy groups -OCH3 is 1. The van der Waals surface area contributed by atoms with Gasteiger partial charge in [0.2, 0.25) is 0 Å². The first-order valence-electron chi connectivity index (χ1n) is 10.2. The number of anilines is 2. The van der Waals surface area contributed by atoms with Gasteiger partial charge in [-0.25, -0.2) is 9.59 Å². The van der Waals surface area contributed by atoms with Crippen LogP contribution < -0.4 is 10.2 Å². The van der Waals surface area contributed by atoms with Gasteiger partial charge < -0.3 is 19.7 Å². The van der Waals surface area contributed by atoms with Crippen LogP contribution in [0.2, 0.25) is 0 Å². The van der Waals surface area contributed by atoms with Crippen LogP contribution in [0.1, 0.15) is 26.4 Å². The van der Waals surface area contributed by atoms with Gasteiger partial charge >= 0.3 is 12.1 Å². The van der Waals surface area contributed by atoms with Gasteiger partial charge in [0.05, 0.1) is 41.1 Å². The van der Waals surface area contributed by atoms with Crippen LogP contribution >= 0.6 is 0 Å². The van der Waals surface area contributed by atoms with E-state index in [4.69, 9.17) is 14.5 Å². The van der Waals surface area contributed by atoms with Crippen molar-refractivity contribution in [3.05, 3.63) is 77.5 Å². The average Bonchev–Trinajstić information content (AvgIpc) is 3.30. The van der Waals surface area contributed by atoms with Crippen molar-refractivity contribution in [3.63, 3.8) is 0 Å². The van der Waals surface area contributed by atoms with Crippen LogP contribution in [0.3, 0.4) is 0 Å². The molecule has 4 aromatic rings. The van der Waals surface area contributed by atoms with Crippen molar-refractivity contribution in [2.75, 3.05) is 24.4 Å². The molecule has 0 atom stereocenters. The van der Waals surface area contributed by atoms with E-state index in [2.05, 4.69) is 10.5 Å². The number of rotatable bonds is 5. The van der Waals surface area contributed by atoms with Gasteiger partial charge in [0.1, 0.15) is 0 Å². The number of hydrogen-bond acceptors (Lipinski definition) is 7. The molecule has 4 rings (SSSR count). The Morgan fingerprint density at radius 3 is 2.51 bits per heavy atom. The molecule has 0 radical (unpaired) electrons. The van der Waals surface area contributed by atoms with E-state index in [1.807, 2.05) is 36.4 Å². The maximum atomic E-state index is 13.1. The van der Waals surface area contributed by atoms with Crippen molar-refractivity contribution in [3.8, 4) is 17.2 Å². The van der Waals surface area contributed by atoms with Gasteiger partial charge in [-0.1, -0.05) is 35.5 Å². The number of carboxylic acid groups (broad SMARTS) is 1. The highest BCUT2D eigenvalue weighted by molar-refractivity contribution is 6.14. The van der Waals surface area contributed by atoms with Crippen LogP contribution in [0.25, 0.3) is 22.1 Å². The van der Waals surface area contributed by atoms with E-state index < -0.39 is 18.0 Å². The molecule has 0 aliphatic carbocycles.